The standard InChI is InChI=1S/C12H9ClFN3O/c13-11-6-5-10(16-17-11)12(18)15-7-8-3-1-2-4-9(8)14/h1-6H,7H2,(H,15,18). The molecule has 2 rings (SSSR count). The Hall–Kier alpha value is -2.01. The van der Waals surface area contributed by atoms with Gasteiger partial charge in [-0.15, -0.1) is 10.2 Å². The Morgan fingerprint density at radius 3 is 2.67 bits per heavy atom. The number of hydrogen-bond acceptors (Lipinski definition) is 3. The first-order valence-electron chi connectivity index (χ1n) is 5.17. The largest absolute Gasteiger partial charge is 0.346 e. The maximum atomic E-state index is 13.3. The third-order valence-electron chi connectivity index (χ3n) is 2.26. The fraction of sp³-hybridized carbons (Fsp3) is 0.0833. The lowest BCUT2D eigenvalue weighted by molar-refractivity contribution is 0.0944. The second kappa shape index (κ2) is 5.55. The summed E-state index contributed by atoms with van der Waals surface area (Å²) in [4.78, 5) is 11.7. The molecule has 0 spiro atoms. The average molecular weight is 266 g/mol. The number of carbonyl (C=O) groups excluding carboxylic acids is 1. The third kappa shape index (κ3) is 3.01. The lowest BCUT2D eigenvalue weighted by Crippen LogP contribution is -2.24. The Bertz CT molecular complexity index is 560. The van der Waals surface area contributed by atoms with Crippen LogP contribution in [0.4, 0.5) is 4.39 Å². The van der Waals surface area contributed by atoms with E-state index in [-0.39, 0.29) is 23.2 Å². The first-order chi connectivity index (χ1) is 8.66. The lowest BCUT2D eigenvalue weighted by atomic mass is 10.2. The van der Waals surface area contributed by atoms with Gasteiger partial charge in [-0.05, 0) is 18.2 Å². The predicted molar refractivity (Wildman–Crippen MR) is 64.6 cm³/mol. The summed E-state index contributed by atoms with van der Waals surface area (Å²) in [6.45, 7) is 0.0931. The molecule has 0 bridgehead atoms. The second-order valence-electron chi connectivity index (χ2n) is 3.52. The summed E-state index contributed by atoms with van der Waals surface area (Å²) < 4.78 is 13.3. The van der Waals surface area contributed by atoms with Crippen LogP contribution < -0.4 is 5.32 Å². The third-order valence-corrected chi connectivity index (χ3v) is 2.46. The van der Waals surface area contributed by atoms with E-state index in [0.717, 1.165) is 0 Å². The minimum Gasteiger partial charge on any atom is -0.346 e. The van der Waals surface area contributed by atoms with E-state index in [1.165, 1.54) is 18.2 Å². The van der Waals surface area contributed by atoms with Gasteiger partial charge in [0.25, 0.3) is 5.91 Å². The van der Waals surface area contributed by atoms with Gasteiger partial charge >= 0.3 is 0 Å². The highest BCUT2D eigenvalue weighted by Gasteiger charge is 2.08. The van der Waals surface area contributed by atoms with Crippen molar-refractivity contribution >= 4 is 17.5 Å². The minimum atomic E-state index is -0.428. The van der Waals surface area contributed by atoms with Crippen molar-refractivity contribution in [2.45, 2.75) is 6.54 Å². The van der Waals surface area contributed by atoms with E-state index in [9.17, 15) is 9.18 Å². The van der Waals surface area contributed by atoms with Gasteiger partial charge in [0.1, 0.15) is 5.82 Å². The van der Waals surface area contributed by atoms with Crippen LogP contribution in [0.15, 0.2) is 36.4 Å². The zero-order valence-electron chi connectivity index (χ0n) is 9.23. The van der Waals surface area contributed by atoms with Gasteiger partial charge in [0.2, 0.25) is 0 Å². The molecular weight excluding hydrogens is 257 g/mol. The average Bonchev–Trinajstić information content (AvgIpc) is 2.38. The topological polar surface area (TPSA) is 54.9 Å². The molecule has 2 aromatic rings. The van der Waals surface area contributed by atoms with Gasteiger partial charge < -0.3 is 5.32 Å². The van der Waals surface area contributed by atoms with Gasteiger partial charge in [-0.25, -0.2) is 4.39 Å². The minimum absolute atomic E-state index is 0.0931. The van der Waals surface area contributed by atoms with E-state index in [1.807, 2.05) is 0 Å². The van der Waals surface area contributed by atoms with E-state index in [1.54, 1.807) is 18.2 Å². The normalized spacial score (nSPS) is 10.1. The number of benzene rings is 1. The molecule has 0 saturated heterocycles. The maximum absolute atomic E-state index is 13.3. The van der Waals surface area contributed by atoms with Crippen LogP contribution in [-0.2, 0) is 6.54 Å². The molecule has 1 N–H and O–H groups in total. The number of nitrogens with zero attached hydrogens (tertiary/aromatic N) is 2. The van der Waals surface area contributed by atoms with Crippen molar-refractivity contribution in [3.05, 3.63) is 58.6 Å². The molecule has 4 nitrogen and oxygen atoms in total. The molecule has 6 heteroatoms. The molecule has 1 aromatic carbocycles. The van der Waals surface area contributed by atoms with Crippen LogP contribution in [0.3, 0.4) is 0 Å². The van der Waals surface area contributed by atoms with Crippen LogP contribution in [0.1, 0.15) is 16.1 Å². The highest BCUT2D eigenvalue weighted by molar-refractivity contribution is 6.29. The molecule has 0 aliphatic carbocycles. The monoisotopic (exact) mass is 265 g/mol. The number of halogens is 2. The molecule has 0 aliphatic heterocycles. The summed E-state index contributed by atoms with van der Waals surface area (Å²) in [5.74, 6) is -0.789. The van der Waals surface area contributed by atoms with Gasteiger partial charge in [0.15, 0.2) is 10.8 Å². The highest BCUT2D eigenvalue weighted by Crippen LogP contribution is 2.06. The van der Waals surface area contributed by atoms with Crippen molar-refractivity contribution in [3.63, 3.8) is 0 Å². The van der Waals surface area contributed by atoms with E-state index in [0.29, 0.717) is 5.56 Å². The van der Waals surface area contributed by atoms with Crippen molar-refractivity contribution in [2.75, 3.05) is 0 Å². The summed E-state index contributed by atoms with van der Waals surface area (Å²) in [5, 5.41) is 9.94. The molecule has 0 fully saturated rings. The van der Waals surface area contributed by atoms with Gasteiger partial charge in [0.05, 0.1) is 0 Å². The smallest absolute Gasteiger partial charge is 0.272 e. The SMILES string of the molecule is O=C(NCc1ccccc1F)c1ccc(Cl)nn1. The maximum Gasteiger partial charge on any atom is 0.272 e. The van der Waals surface area contributed by atoms with Gasteiger partial charge in [0, 0.05) is 12.1 Å². The first kappa shape index (κ1) is 12.4. The number of aromatic nitrogens is 2. The Balaban J connectivity index is 2.01. The van der Waals surface area contributed by atoms with Crippen LogP contribution >= 0.6 is 11.6 Å². The van der Waals surface area contributed by atoms with E-state index in [2.05, 4.69) is 15.5 Å². The van der Waals surface area contributed by atoms with Crippen LogP contribution in [0.5, 0.6) is 0 Å². The Morgan fingerprint density at radius 1 is 1.22 bits per heavy atom. The van der Waals surface area contributed by atoms with Crippen molar-refractivity contribution in [1.29, 1.82) is 0 Å². The zero-order chi connectivity index (χ0) is 13.0. The fourth-order valence-electron chi connectivity index (χ4n) is 1.34. The van der Waals surface area contributed by atoms with E-state index < -0.39 is 5.91 Å². The Kier molecular flexibility index (Phi) is 3.84. The van der Waals surface area contributed by atoms with Crippen LogP contribution in [0.2, 0.25) is 5.15 Å². The molecule has 1 heterocycles. The van der Waals surface area contributed by atoms with Gasteiger partial charge in [-0.1, -0.05) is 29.8 Å². The van der Waals surface area contributed by atoms with Crippen molar-refractivity contribution in [1.82, 2.24) is 15.5 Å². The quantitative estimate of drug-likeness (QED) is 0.926. The molecule has 0 atom stereocenters. The molecular formula is C12H9ClFN3O. The molecule has 92 valence electrons. The first-order valence-corrected chi connectivity index (χ1v) is 5.55. The Labute approximate surface area is 108 Å². The molecule has 18 heavy (non-hydrogen) atoms. The fourth-order valence-corrected chi connectivity index (χ4v) is 1.45. The van der Waals surface area contributed by atoms with E-state index >= 15 is 0 Å². The molecule has 1 amide bonds. The molecule has 1 aromatic heterocycles. The summed E-state index contributed by atoms with van der Waals surface area (Å²) >= 11 is 5.56. The molecule has 0 radical (unpaired) electrons. The second-order valence-corrected chi connectivity index (χ2v) is 3.90. The molecule has 0 saturated carbocycles. The number of carbonyl (C=O) groups is 1. The van der Waals surface area contributed by atoms with Crippen LogP contribution in [0, 0.1) is 5.82 Å². The number of amides is 1. The van der Waals surface area contributed by atoms with Gasteiger partial charge in [-0.3, -0.25) is 4.79 Å². The number of rotatable bonds is 3. The molecule has 0 unspecified atom stereocenters. The van der Waals surface area contributed by atoms with Gasteiger partial charge in [-0.2, -0.15) is 0 Å². The molecule has 0 aliphatic rings. The zero-order valence-corrected chi connectivity index (χ0v) is 9.99. The lowest BCUT2D eigenvalue weighted by Gasteiger charge is -2.05. The summed E-state index contributed by atoms with van der Waals surface area (Å²) in [6.07, 6.45) is 0. The van der Waals surface area contributed by atoms with Crippen molar-refractivity contribution in [3.8, 4) is 0 Å². The van der Waals surface area contributed by atoms with E-state index in [4.69, 9.17) is 11.6 Å². The number of hydrogen-bond donors (Lipinski definition) is 1. The summed E-state index contributed by atoms with van der Waals surface area (Å²) in [6, 6.07) is 9.14. The van der Waals surface area contributed by atoms with Crippen molar-refractivity contribution < 1.29 is 9.18 Å². The summed E-state index contributed by atoms with van der Waals surface area (Å²) in [7, 11) is 0. The van der Waals surface area contributed by atoms with Crippen LogP contribution in [-0.4, -0.2) is 16.1 Å². The predicted octanol–water partition coefficient (Wildman–Crippen LogP) is 2.20. The Morgan fingerprint density at radius 2 is 2.00 bits per heavy atom. The summed E-state index contributed by atoms with van der Waals surface area (Å²) in [5.41, 5.74) is 0.545. The highest BCUT2D eigenvalue weighted by atomic mass is 35.5. The van der Waals surface area contributed by atoms with Crippen LogP contribution in [0.25, 0.3) is 0 Å². The van der Waals surface area contributed by atoms with Crippen molar-refractivity contribution in [2.24, 2.45) is 0 Å². The number of nitrogens with one attached hydrogen (secondary N) is 1.